The molecule has 1 N–H and O–H groups in total. The molecule has 7 heteroatoms. The highest BCUT2D eigenvalue weighted by atomic mass is 16.5. The fourth-order valence-electron chi connectivity index (χ4n) is 3.05. The lowest BCUT2D eigenvalue weighted by Gasteiger charge is -2.10. The van der Waals surface area contributed by atoms with Crippen molar-refractivity contribution in [2.24, 2.45) is 5.92 Å². The monoisotopic (exact) mass is 327 g/mol. The van der Waals surface area contributed by atoms with Gasteiger partial charge in [0.1, 0.15) is 11.4 Å². The van der Waals surface area contributed by atoms with Gasteiger partial charge >= 0.3 is 0 Å². The van der Waals surface area contributed by atoms with Crippen LogP contribution in [0.3, 0.4) is 0 Å². The molecule has 1 saturated carbocycles. The van der Waals surface area contributed by atoms with Crippen molar-refractivity contribution >= 4 is 5.91 Å². The van der Waals surface area contributed by atoms with Gasteiger partial charge in [-0.15, -0.1) is 0 Å². The Hall–Kier alpha value is -2.28. The summed E-state index contributed by atoms with van der Waals surface area (Å²) in [5.41, 5.74) is 2.86. The summed E-state index contributed by atoms with van der Waals surface area (Å²) in [4.78, 5) is 20.5. The van der Waals surface area contributed by atoms with Crippen molar-refractivity contribution in [3.8, 4) is 11.4 Å². The minimum absolute atomic E-state index is 0.000628. The highest BCUT2D eigenvalue weighted by Gasteiger charge is 2.29. The molecule has 2 aromatic heterocycles. The van der Waals surface area contributed by atoms with Crippen LogP contribution in [0.4, 0.5) is 0 Å². The Balaban J connectivity index is 1.42. The van der Waals surface area contributed by atoms with Gasteiger partial charge in [-0.25, -0.2) is 0 Å². The number of carbonyl (C=O) groups is 1. The second-order valence-corrected chi connectivity index (χ2v) is 6.39. The van der Waals surface area contributed by atoms with E-state index in [1.54, 1.807) is 18.6 Å². The van der Waals surface area contributed by atoms with Crippen molar-refractivity contribution in [3.05, 3.63) is 30.4 Å². The van der Waals surface area contributed by atoms with Crippen molar-refractivity contribution in [1.82, 2.24) is 25.1 Å². The maximum absolute atomic E-state index is 12.1. The van der Waals surface area contributed by atoms with E-state index in [4.69, 9.17) is 4.74 Å². The van der Waals surface area contributed by atoms with Crippen molar-refractivity contribution < 1.29 is 9.53 Å². The third kappa shape index (κ3) is 3.31. The largest absolute Gasteiger partial charge is 0.381 e. The molecule has 1 unspecified atom stereocenters. The zero-order valence-corrected chi connectivity index (χ0v) is 13.5. The Morgan fingerprint density at radius 1 is 1.29 bits per heavy atom. The lowest BCUT2D eigenvalue weighted by molar-refractivity contribution is -0.124. The Bertz CT molecular complexity index is 705. The minimum Gasteiger partial charge on any atom is -0.381 e. The van der Waals surface area contributed by atoms with E-state index in [9.17, 15) is 4.79 Å². The molecule has 0 radical (unpaired) electrons. The van der Waals surface area contributed by atoms with Gasteiger partial charge in [0.2, 0.25) is 5.91 Å². The molecule has 1 aliphatic carbocycles. The Labute approximate surface area is 140 Å². The number of aromatic nitrogens is 4. The Kier molecular flexibility index (Phi) is 4.25. The number of hydrogen-bond donors (Lipinski definition) is 1. The number of carbonyl (C=O) groups excluding carboxylic acids is 1. The average Bonchev–Trinajstić information content (AvgIpc) is 3.14. The summed E-state index contributed by atoms with van der Waals surface area (Å²) in [5.74, 6) is 0.671. The first-order valence-electron chi connectivity index (χ1n) is 8.51. The van der Waals surface area contributed by atoms with Gasteiger partial charge in [0, 0.05) is 37.2 Å². The average molecular weight is 327 g/mol. The molecule has 1 saturated heterocycles. The number of amides is 1. The predicted octanol–water partition coefficient (Wildman–Crippen LogP) is 1.37. The highest BCUT2D eigenvalue weighted by molar-refractivity contribution is 5.78. The summed E-state index contributed by atoms with van der Waals surface area (Å²) in [6.45, 7) is 2.48. The molecule has 2 aliphatic rings. The van der Waals surface area contributed by atoms with E-state index in [0.29, 0.717) is 32.2 Å². The normalized spacial score (nSPS) is 20.2. The van der Waals surface area contributed by atoms with E-state index in [1.807, 2.05) is 4.68 Å². The number of nitrogens with zero attached hydrogens (tertiary/aromatic N) is 4. The molecule has 126 valence electrons. The van der Waals surface area contributed by atoms with Crippen LogP contribution in [0.1, 0.15) is 30.9 Å². The van der Waals surface area contributed by atoms with Crippen LogP contribution in [-0.4, -0.2) is 45.4 Å². The molecular weight excluding hydrogens is 306 g/mol. The van der Waals surface area contributed by atoms with Gasteiger partial charge < -0.3 is 10.1 Å². The van der Waals surface area contributed by atoms with Crippen LogP contribution in [0, 0.1) is 5.92 Å². The maximum atomic E-state index is 12.1. The minimum atomic E-state index is 0.000628. The molecule has 1 atom stereocenters. The predicted molar refractivity (Wildman–Crippen MR) is 87.2 cm³/mol. The molecule has 1 aliphatic heterocycles. The molecule has 24 heavy (non-hydrogen) atoms. The molecule has 4 rings (SSSR count). The van der Waals surface area contributed by atoms with Crippen LogP contribution in [-0.2, 0) is 16.1 Å². The number of hydrogen-bond acceptors (Lipinski definition) is 5. The van der Waals surface area contributed by atoms with E-state index < -0.39 is 0 Å². The van der Waals surface area contributed by atoms with E-state index in [1.165, 1.54) is 18.5 Å². The van der Waals surface area contributed by atoms with Gasteiger partial charge in [-0.05, 0) is 25.3 Å². The quantitative estimate of drug-likeness (QED) is 0.866. The van der Waals surface area contributed by atoms with Crippen LogP contribution in [0.15, 0.2) is 24.7 Å². The van der Waals surface area contributed by atoms with Crippen molar-refractivity contribution in [3.63, 3.8) is 0 Å². The van der Waals surface area contributed by atoms with Crippen LogP contribution in [0.25, 0.3) is 11.4 Å². The van der Waals surface area contributed by atoms with Gasteiger partial charge in [-0.2, -0.15) is 5.10 Å². The van der Waals surface area contributed by atoms with Crippen LogP contribution in [0.2, 0.25) is 0 Å². The summed E-state index contributed by atoms with van der Waals surface area (Å²) in [7, 11) is 0. The van der Waals surface area contributed by atoms with Gasteiger partial charge in [0.15, 0.2) is 0 Å². The summed E-state index contributed by atoms with van der Waals surface area (Å²) >= 11 is 0. The Morgan fingerprint density at radius 2 is 2.21 bits per heavy atom. The number of rotatable bonds is 6. The van der Waals surface area contributed by atoms with E-state index in [2.05, 4.69) is 26.4 Å². The molecule has 2 aromatic rings. The zero-order valence-electron chi connectivity index (χ0n) is 13.5. The van der Waals surface area contributed by atoms with Crippen molar-refractivity contribution in [2.75, 3.05) is 19.8 Å². The molecular formula is C17H21N5O2. The van der Waals surface area contributed by atoms with E-state index >= 15 is 0 Å². The third-order valence-corrected chi connectivity index (χ3v) is 4.56. The Morgan fingerprint density at radius 3 is 2.92 bits per heavy atom. The van der Waals surface area contributed by atoms with Crippen LogP contribution in [0.5, 0.6) is 0 Å². The lowest BCUT2D eigenvalue weighted by Crippen LogP contribution is -2.33. The first-order valence-corrected chi connectivity index (χ1v) is 8.51. The smallest absolute Gasteiger partial charge is 0.225 e. The first-order chi connectivity index (χ1) is 11.8. The first kappa shape index (κ1) is 15.3. The van der Waals surface area contributed by atoms with Gasteiger partial charge in [-0.1, -0.05) is 0 Å². The van der Waals surface area contributed by atoms with Gasteiger partial charge in [-0.3, -0.25) is 19.4 Å². The lowest BCUT2D eigenvalue weighted by atomic mass is 10.1. The fraction of sp³-hybridized carbons (Fsp3) is 0.529. The molecule has 0 aromatic carbocycles. The van der Waals surface area contributed by atoms with Crippen molar-refractivity contribution in [2.45, 2.75) is 31.7 Å². The van der Waals surface area contributed by atoms with Gasteiger partial charge in [0.05, 0.1) is 25.3 Å². The standard InChI is InChI=1S/C17H21N5O2/c23-17(13-3-8-24-11-13)20-6-7-22-16(12-1-2-12)9-14(21-22)15-10-18-4-5-19-15/h4-5,9-10,12-13H,1-3,6-8,11H2,(H,20,23). The fourth-order valence-corrected chi connectivity index (χ4v) is 3.05. The topological polar surface area (TPSA) is 81.9 Å². The second-order valence-electron chi connectivity index (χ2n) is 6.39. The number of ether oxygens (including phenoxy) is 1. The molecule has 0 spiro atoms. The summed E-state index contributed by atoms with van der Waals surface area (Å²) in [5, 5.41) is 7.68. The van der Waals surface area contributed by atoms with E-state index in [0.717, 1.165) is 17.8 Å². The van der Waals surface area contributed by atoms with E-state index in [-0.39, 0.29) is 11.8 Å². The summed E-state index contributed by atoms with van der Waals surface area (Å²) < 4.78 is 7.27. The highest BCUT2D eigenvalue weighted by Crippen LogP contribution is 2.41. The summed E-state index contributed by atoms with van der Waals surface area (Å²) in [6.07, 6.45) is 8.29. The van der Waals surface area contributed by atoms with Crippen molar-refractivity contribution in [1.29, 1.82) is 0 Å². The van der Waals surface area contributed by atoms with Crippen LogP contribution < -0.4 is 5.32 Å². The van der Waals surface area contributed by atoms with Gasteiger partial charge in [0.25, 0.3) is 0 Å². The molecule has 7 nitrogen and oxygen atoms in total. The number of nitrogens with one attached hydrogen (secondary N) is 1. The SMILES string of the molecule is O=C(NCCn1nc(-c2cnccn2)cc1C1CC1)C1CCOC1. The maximum Gasteiger partial charge on any atom is 0.225 e. The molecule has 2 fully saturated rings. The van der Waals surface area contributed by atoms with Crippen LogP contribution >= 0.6 is 0 Å². The summed E-state index contributed by atoms with van der Waals surface area (Å²) in [6, 6.07) is 2.11. The third-order valence-electron chi connectivity index (χ3n) is 4.56. The molecule has 0 bridgehead atoms. The molecule has 1 amide bonds. The zero-order chi connectivity index (χ0) is 16.4. The molecule has 3 heterocycles. The second kappa shape index (κ2) is 6.68.